The number of nitrogens with zero attached hydrogens (tertiary/aromatic N) is 2. The average Bonchev–Trinajstić information content (AvgIpc) is 3.20. The van der Waals surface area contributed by atoms with Gasteiger partial charge in [-0.25, -0.2) is 4.79 Å². The summed E-state index contributed by atoms with van der Waals surface area (Å²) in [6, 6.07) is 11.7. The Hall–Kier alpha value is -2.83. The van der Waals surface area contributed by atoms with Crippen LogP contribution < -0.4 is 4.74 Å². The zero-order valence-corrected chi connectivity index (χ0v) is 17.8. The summed E-state index contributed by atoms with van der Waals surface area (Å²) in [6.07, 6.45) is 3.22. The molecule has 0 radical (unpaired) electrons. The van der Waals surface area contributed by atoms with Crippen molar-refractivity contribution < 1.29 is 14.6 Å². The van der Waals surface area contributed by atoms with Crippen molar-refractivity contribution in [3.63, 3.8) is 0 Å². The molecule has 1 saturated heterocycles. The average molecular weight is 408 g/mol. The fraction of sp³-hybridized carbons (Fsp3) is 0.375. The minimum absolute atomic E-state index is 0.160. The molecule has 1 atom stereocenters. The van der Waals surface area contributed by atoms with Crippen LogP contribution in [0.3, 0.4) is 0 Å². The summed E-state index contributed by atoms with van der Waals surface area (Å²) in [5, 5.41) is 10.4. The molecule has 2 N–H and O–H groups in total. The molecule has 2 aromatic carbocycles. The van der Waals surface area contributed by atoms with Gasteiger partial charge in [0, 0.05) is 41.8 Å². The number of likely N-dealkylation sites (N-methyl/N-ethyl adjacent to an activating group) is 1. The molecule has 0 aliphatic carbocycles. The molecule has 0 spiro atoms. The standard InChI is InChI=1S/C24H29N3O3/c1-16-13-22(30-3)20(19-9-10-25-23(16)19)14-26(2)21(15-27-11-4-12-27)17-5-7-18(8-6-17)24(28)29/h5-10,13,21,25H,4,11-12,14-15H2,1-3H3,(H,28,29). The SMILES string of the molecule is COc1cc(C)c2[nH]ccc2c1CN(C)C(CN1CCC1)c1ccc(C(=O)O)cc1. The molecule has 4 rings (SSSR count). The quantitative estimate of drug-likeness (QED) is 0.589. The highest BCUT2D eigenvalue weighted by Crippen LogP contribution is 2.33. The van der Waals surface area contributed by atoms with E-state index in [2.05, 4.69) is 40.9 Å². The van der Waals surface area contributed by atoms with Crippen molar-refractivity contribution in [3.8, 4) is 5.75 Å². The third-order valence-corrected chi connectivity index (χ3v) is 6.19. The van der Waals surface area contributed by atoms with E-state index in [4.69, 9.17) is 4.74 Å². The third kappa shape index (κ3) is 3.93. The number of aryl methyl sites for hydroxylation is 1. The molecule has 1 aliphatic heterocycles. The number of fused-ring (bicyclic) bond motifs is 1. The first-order valence-corrected chi connectivity index (χ1v) is 10.4. The summed E-state index contributed by atoms with van der Waals surface area (Å²) in [5.41, 5.74) is 4.92. The number of carboxylic acids is 1. The van der Waals surface area contributed by atoms with Crippen LogP contribution in [-0.2, 0) is 6.54 Å². The number of carboxylic acid groups (broad SMARTS) is 1. The van der Waals surface area contributed by atoms with Crippen LogP contribution in [0.5, 0.6) is 5.75 Å². The Morgan fingerprint density at radius 1 is 1.27 bits per heavy atom. The van der Waals surface area contributed by atoms with E-state index in [9.17, 15) is 9.90 Å². The molecule has 1 fully saturated rings. The number of aromatic nitrogens is 1. The van der Waals surface area contributed by atoms with Crippen molar-refractivity contribution in [2.24, 2.45) is 0 Å². The van der Waals surface area contributed by atoms with Crippen LogP contribution in [0, 0.1) is 6.92 Å². The van der Waals surface area contributed by atoms with Gasteiger partial charge in [0.25, 0.3) is 0 Å². The largest absolute Gasteiger partial charge is 0.496 e. The number of rotatable bonds is 8. The molecule has 30 heavy (non-hydrogen) atoms. The van der Waals surface area contributed by atoms with Gasteiger partial charge in [0.1, 0.15) is 5.75 Å². The first-order chi connectivity index (χ1) is 14.5. The monoisotopic (exact) mass is 407 g/mol. The van der Waals surface area contributed by atoms with Crippen LogP contribution in [-0.4, -0.2) is 59.7 Å². The first-order valence-electron chi connectivity index (χ1n) is 10.4. The molecule has 1 aromatic heterocycles. The highest BCUT2D eigenvalue weighted by atomic mass is 16.5. The molecule has 0 bridgehead atoms. The molecule has 0 amide bonds. The maximum atomic E-state index is 11.3. The van der Waals surface area contributed by atoms with Crippen LogP contribution in [0.2, 0.25) is 0 Å². The number of hydrogen-bond acceptors (Lipinski definition) is 4. The number of aromatic amines is 1. The van der Waals surface area contributed by atoms with E-state index in [1.165, 1.54) is 17.4 Å². The lowest BCUT2D eigenvalue weighted by atomic mass is 9.99. The van der Waals surface area contributed by atoms with Gasteiger partial charge in [-0.2, -0.15) is 0 Å². The van der Waals surface area contributed by atoms with E-state index in [1.54, 1.807) is 19.2 Å². The summed E-state index contributed by atoms with van der Waals surface area (Å²) >= 11 is 0. The number of aromatic carboxylic acids is 1. The molecular formula is C24H29N3O3. The Kier molecular flexibility index (Phi) is 5.79. The Balaban J connectivity index is 1.66. The van der Waals surface area contributed by atoms with E-state index in [1.807, 2.05) is 18.3 Å². The zero-order valence-electron chi connectivity index (χ0n) is 17.8. The molecule has 6 heteroatoms. The summed E-state index contributed by atoms with van der Waals surface area (Å²) < 4.78 is 5.73. The summed E-state index contributed by atoms with van der Waals surface area (Å²) in [7, 11) is 3.85. The number of H-pyrrole nitrogens is 1. The number of ether oxygens (including phenoxy) is 1. The van der Waals surface area contributed by atoms with E-state index < -0.39 is 5.97 Å². The Bertz CT molecular complexity index is 1040. The molecular weight excluding hydrogens is 378 g/mol. The maximum absolute atomic E-state index is 11.3. The Morgan fingerprint density at radius 2 is 2.00 bits per heavy atom. The summed E-state index contributed by atoms with van der Waals surface area (Å²) in [6.45, 7) is 5.98. The van der Waals surface area contributed by atoms with Gasteiger partial charge in [-0.15, -0.1) is 0 Å². The molecule has 3 aromatic rings. The van der Waals surface area contributed by atoms with Crippen LogP contribution >= 0.6 is 0 Å². The summed E-state index contributed by atoms with van der Waals surface area (Å²) in [4.78, 5) is 19.4. The van der Waals surface area contributed by atoms with Crippen molar-refractivity contribution in [3.05, 3.63) is 64.8 Å². The number of hydrogen-bond donors (Lipinski definition) is 2. The smallest absolute Gasteiger partial charge is 0.335 e. The van der Waals surface area contributed by atoms with Gasteiger partial charge in [-0.1, -0.05) is 12.1 Å². The van der Waals surface area contributed by atoms with Crippen LogP contribution in [0.1, 0.15) is 39.5 Å². The number of nitrogens with one attached hydrogen (secondary N) is 1. The highest BCUT2D eigenvalue weighted by molar-refractivity contribution is 5.88. The second-order valence-corrected chi connectivity index (χ2v) is 8.15. The van der Waals surface area contributed by atoms with Gasteiger partial charge in [0.2, 0.25) is 0 Å². The number of likely N-dealkylation sites (tertiary alicyclic amines) is 1. The van der Waals surface area contributed by atoms with E-state index in [0.29, 0.717) is 5.56 Å². The Labute approximate surface area is 177 Å². The predicted octanol–water partition coefficient (Wildman–Crippen LogP) is 4.06. The second kappa shape index (κ2) is 8.50. The molecule has 158 valence electrons. The molecule has 6 nitrogen and oxygen atoms in total. The van der Waals surface area contributed by atoms with Gasteiger partial charge in [-0.3, -0.25) is 4.90 Å². The minimum atomic E-state index is -0.895. The van der Waals surface area contributed by atoms with Gasteiger partial charge in [0.15, 0.2) is 0 Å². The van der Waals surface area contributed by atoms with Crippen LogP contribution in [0.15, 0.2) is 42.6 Å². The van der Waals surface area contributed by atoms with Crippen molar-refractivity contribution >= 4 is 16.9 Å². The van der Waals surface area contributed by atoms with Crippen LogP contribution in [0.4, 0.5) is 0 Å². The Morgan fingerprint density at radius 3 is 2.60 bits per heavy atom. The number of methoxy groups -OCH3 is 1. The van der Waals surface area contributed by atoms with Crippen molar-refractivity contribution in [2.75, 3.05) is 33.8 Å². The van der Waals surface area contributed by atoms with Crippen molar-refractivity contribution in [1.29, 1.82) is 0 Å². The van der Waals surface area contributed by atoms with E-state index in [0.717, 1.165) is 48.6 Å². The molecule has 1 aliphatic rings. The minimum Gasteiger partial charge on any atom is -0.496 e. The fourth-order valence-electron chi connectivity index (χ4n) is 4.30. The summed E-state index contributed by atoms with van der Waals surface area (Å²) in [5.74, 6) is 0.00353. The highest BCUT2D eigenvalue weighted by Gasteiger charge is 2.25. The van der Waals surface area contributed by atoms with Crippen molar-refractivity contribution in [1.82, 2.24) is 14.8 Å². The normalized spacial score (nSPS) is 15.3. The second-order valence-electron chi connectivity index (χ2n) is 8.15. The molecule has 0 saturated carbocycles. The molecule has 2 heterocycles. The van der Waals surface area contributed by atoms with Crippen molar-refractivity contribution in [2.45, 2.75) is 25.9 Å². The molecule has 1 unspecified atom stereocenters. The van der Waals surface area contributed by atoms with Gasteiger partial charge in [0.05, 0.1) is 12.7 Å². The zero-order chi connectivity index (χ0) is 21.3. The number of carbonyl (C=O) groups is 1. The first kappa shape index (κ1) is 20.4. The topological polar surface area (TPSA) is 68.8 Å². The van der Waals surface area contributed by atoms with E-state index in [-0.39, 0.29) is 6.04 Å². The van der Waals surface area contributed by atoms with Crippen LogP contribution in [0.25, 0.3) is 10.9 Å². The van der Waals surface area contributed by atoms with Gasteiger partial charge < -0.3 is 19.7 Å². The predicted molar refractivity (Wildman–Crippen MR) is 118 cm³/mol. The maximum Gasteiger partial charge on any atom is 0.335 e. The van der Waals surface area contributed by atoms with Gasteiger partial charge >= 0.3 is 5.97 Å². The lowest BCUT2D eigenvalue weighted by molar-refractivity contribution is 0.0696. The number of benzene rings is 2. The lowest BCUT2D eigenvalue weighted by Gasteiger charge is -2.38. The third-order valence-electron chi connectivity index (χ3n) is 6.19. The van der Waals surface area contributed by atoms with Gasteiger partial charge in [-0.05, 0) is 68.9 Å². The lowest BCUT2D eigenvalue weighted by Crippen LogP contribution is -2.43. The van der Waals surface area contributed by atoms with E-state index >= 15 is 0 Å². The fourth-order valence-corrected chi connectivity index (χ4v) is 4.30.